The molecule has 0 spiro atoms. The normalized spacial score (nSPS) is 17.6. The molecule has 1 N–H and O–H groups in total. The van der Waals surface area contributed by atoms with E-state index in [2.05, 4.69) is 18.7 Å². The van der Waals surface area contributed by atoms with E-state index < -0.39 is 17.7 Å². The summed E-state index contributed by atoms with van der Waals surface area (Å²) >= 11 is 6.32. The summed E-state index contributed by atoms with van der Waals surface area (Å²) in [5.41, 5.74) is 2.30. The Labute approximate surface area is 206 Å². The van der Waals surface area contributed by atoms with Crippen LogP contribution in [0.4, 0.5) is 0 Å². The van der Waals surface area contributed by atoms with Crippen LogP contribution in [0.1, 0.15) is 49.9 Å². The fourth-order valence-electron chi connectivity index (χ4n) is 4.29. The second-order valence-corrected chi connectivity index (χ2v) is 8.77. The van der Waals surface area contributed by atoms with Crippen molar-refractivity contribution in [1.29, 1.82) is 0 Å². The van der Waals surface area contributed by atoms with E-state index in [1.54, 1.807) is 23.1 Å². The highest BCUT2D eigenvalue weighted by Crippen LogP contribution is 2.40. The number of nitrogens with zero attached hydrogens (tertiary/aromatic N) is 2. The van der Waals surface area contributed by atoms with Gasteiger partial charge in [-0.3, -0.25) is 9.59 Å². The van der Waals surface area contributed by atoms with Crippen molar-refractivity contribution >= 4 is 29.1 Å². The van der Waals surface area contributed by atoms with Crippen molar-refractivity contribution in [2.75, 3.05) is 32.8 Å². The molecule has 6 nitrogen and oxygen atoms in total. The van der Waals surface area contributed by atoms with E-state index in [0.29, 0.717) is 29.5 Å². The molecule has 3 rings (SSSR count). The van der Waals surface area contributed by atoms with E-state index in [4.69, 9.17) is 16.3 Å². The Bertz CT molecular complexity index is 1060. The Kier molecular flexibility index (Phi) is 8.75. The van der Waals surface area contributed by atoms with Crippen molar-refractivity contribution in [3.05, 3.63) is 69.8 Å². The molecule has 0 aliphatic carbocycles. The third kappa shape index (κ3) is 5.45. The second kappa shape index (κ2) is 11.5. The number of carbonyl (C=O) groups excluding carboxylic acids is 2. The number of benzene rings is 2. The average molecular weight is 485 g/mol. The van der Waals surface area contributed by atoms with Crippen molar-refractivity contribution in [2.24, 2.45) is 0 Å². The summed E-state index contributed by atoms with van der Waals surface area (Å²) in [7, 11) is 0. The lowest BCUT2D eigenvalue weighted by Crippen LogP contribution is -2.33. The SMILES string of the molecule is CCOc1ccc(/C(O)=C2/C(=O)C(=O)N(CCCN(CC)CC)C2c2ccc(C)cc2)cc1Cl. The van der Waals surface area contributed by atoms with Gasteiger partial charge in [0.1, 0.15) is 11.5 Å². The molecule has 0 radical (unpaired) electrons. The Hall–Kier alpha value is -2.83. The average Bonchev–Trinajstić information content (AvgIpc) is 3.08. The molecule has 0 aromatic heterocycles. The number of ether oxygens (including phenoxy) is 1. The minimum atomic E-state index is -0.684. The zero-order valence-electron chi connectivity index (χ0n) is 20.3. The minimum Gasteiger partial charge on any atom is -0.507 e. The lowest BCUT2D eigenvalue weighted by Gasteiger charge is -2.27. The standard InChI is InChI=1S/C27H33ClN2O4/c1-5-29(6-2)15-8-16-30-24(19-11-9-18(4)10-12-19)23(26(32)27(30)33)25(31)20-13-14-22(34-7-3)21(28)17-20/h9-14,17,24,31H,5-8,15-16H2,1-4H3/b25-23-. The quantitative estimate of drug-likeness (QED) is 0.285. The van der Waals surface area contributed by atoms with Crippen LogP contribution < -0.4 is 4.74 Å². The molecule has 0 saturated carbocycles. The van der Waals surface area contributed by atoms with E-state index in [9.17, 15) is 14.7 Å². The van der Waals surface area contributed by atoms with Crippen LogP contribution in [0.3, 0.4) is 0 Å². The molecule has 1 atom stereocenters. The maximum atomic E-state index is 13.2. The van der Waals surface area contributed by atoms with Crippen molar-refractivity contribution in [2.45, 2.75) is 40.2 Å². The molecular weight excluding hydrogens is 452 g/mol. The highest BCUT2D eigenvalue weighted by Gasteiger charge is 2.45. The zero-order chi connectivity index (χ0) is 24.8. The molecule has 1 saturated heterocycles. The number of aliphatic hydroxyl groups is 1. The number of Topliss-reactive ketones (excluding diaryl/α,β-unsaturated/α-hetero) is 1. The predicted octanol–water partition coefficient (Wildman–Crippen LogP) is 5.20. The third-order valence-corrected chi connectivity index (χ3v) is 6.50. The topological polar surface area (TPSA) is 70.1 Å². The van der Waals surface area contributed by atoms with Gasteiger partial charge in [-0.05, 0) is 63.7 Å². The number of halogens is 1. The lowest BCUT2D eigenvalue weighted by atomic mass is 9.94. The number of hydrogen-bond donors (Lipinski definition) is 1. The number of hydrogen-bond acceptors (Lipinski definition) is 5. The van der Waals surface area contributed by atoms with Crippen LogP contribution in [0.2, 0.25) is 5.02 Å². The summed E-state index contributed by atoms with van der Waals surface area (Å²) in [6.07, 6.45) is 0.728. The van der Waals surface area contributed by atoms with Crippen molar-refractivity contribution < 1.29 is 19.4 Å². The molecule has 2 aromatic carbocycles. The molecule has 1 unspecified atom stereocenters. The van der Waals surface area contributed by atoms with Gasteiger partial charge in [-0.2, -0.15) is 0 Å². The van der Waals surface area contributed by atoms with Crippen LogP contribution in [0, 0.1) is 6.92 Å². The lowest BCUT2D eigenvalue weighted by molar-refractivity contribution is -0.140. The molecule has 1 fully saturated rings. The summed E-state index contributed by atoms with van der Waals surface area (Å²) in [5.74, 6) is -1.02. The molecule has 1 aliphatic rings. The first kappa shape index (κ1) is 25.8. The monoisotopic (exact) mass is 484 g/mol. The van der Waals surface area contributed by atoms with E-state index in [1.807, 2.05) is 38.1 Å². The van der Waals surface area contributed by atoms with E-state index in [-0.39, 0.29) is 11.3 Å². The fraction of sp³-hybridized carbons (Fsp3) is 0.407. The van der Waals surface area contributed by atoms with Gasteiger partial charge >= 0.3 is 0 Å². The smallest absolute Gasteiger partial charge is 0.295 e. The van der Waals surface area contributed by atoms with Gasteiger partial charge in [-0.25, -0.2) is 0 Å². The van der Waals surface area contributed by atoms with Gasteiger partial charge in [-0.1, -0.05) is 55.3 Å². The molecule has 1 amide bonds. The number of carbonyl (C=O) groups is 2. The third-order valence-electron chi connectivity index (χ3n) is 6.21. The first-order valence-corrected chi connectivity index (χ1v) is 12.2. The van der Waals surface area contributed by atoms with Gasteiger partial charge in [-0.15, -0.1) is 0 Å². The fourth-order valence-corrected chi connectivity index (χ4v) is 4.52. The Morgan fingerprint density at radius 3 is 2.35 bits per heavy atom. The first-order chi connectivity index (χ1) is 16.3. The van der Waals surface area contributed by atoms with Crippen LogP contribution in [0.15, 0.2) is 48.0 Å². The second-order valence-electron chi connectivity index (χ2n) is 8.36. The highest BCUT2D eigenvalue weighted by atomic mass is 35.5. The minimum absolute atomic E-state index is 0.0805. The summed E-state index contributed by atoms with van der Waals surface area (Å²) in [6, 6.07) is 11.9. The maximum Gasteiger partial charge on any atom is 0.295 e. The van der Waals surface area contributed by atoms with Crippen LogP contribution >= 0.6 is 11.6 Å². The summed E-state index contributed by atoms with van der Waals surface area (Å²) < 4.78 is 5.47. The van der Waals surface area contributed by atoms with E-state index in [0.717, 1.165) is 37.2 Å². The van der Waals surface area contributed by atoms with Crippen LogP contribution in [-0.4, -0.2) is 59.4 Å². The van der Waals surface area contributed by atoms with Crippen molar-refractivity contribution in [3.63, 3.8) is 0 Å². The molecule has 1 heterocycles. The van der Waals surface area contributed by atoms with Gasteiger partial charge in [0, 0.05) is 12.1 Å². The number of aliphatic hydroxyl groups excluding tert-OH is 1. The van der Waals surface area contributed by atoms with Crippen LogP contribution in [-0.2, 0) is 9.59 Å². The molecule has 34 heavy (non-hydrogen) atoms. The molecular formula is C27H33ClN2O4. The van der Waals surface area contributed by atoms with Gasteiger partial charge in [0.25, 0.3) is 11.7 Å². The molecule has 1 aliphatic heterocycles. The number of amides is 1. The largest absolute Gasteiger partial charge is 0.507 e. The van der Waals surface area contributed by atoms with Gasteiger partial charge in [0.05, 0.1) is 23.2 Å². The predicted molar refractivity (Wildman–Crippen MR) is 135 cm³/mol. The Morgan fingerprint density at radius 2 is 1.76 bits per heavy atom. The highest BCUT2D eigenvalue weighted by molar-refractivity contribution is 6.46. The maximum absolute atomic E-state index is 13.2. The van der Waals surface area contributed by atoms with Gasteiger partial charge in [0.2, 0.25) is 0 Å². The zero-order valence-corrected chi connectivity index (χ0v) is 21.1. The van der Waals surface area contributed by atoms with Gasteiger partial charge in [0.15, 0.2) is 0 Å². The van der Waals surface area contributed by atoms with Crippen LogP contribution in [0.25, 0.3) is 5.76 Å². The Balaban J connectivity index is 2.03. The summed E-state index contributed by atoms with van der Waals surface area (Å²) in [5, 5.41) is 11.5. The number of likely N-dealkylation sites (tertiary alicyclic amines) is 1. The molecule has 182 valence electrons. The van der Waals surface area contributed by atoms with E-state index >= 15 is 0 Å². The number of aryl methyl sites for hydroxylation is 1. The molecule has 7 heteroatoms. The summed E-state index contributed by atoms with van der Waals surface area (Å²) in [6.45, 7) is 11.6. The van der Waals surface area contributed by atoms with Crippen molar-refractivity contribution in [1.82, 2.24) is 9.80 Å². The number of ketones is 1. The first-order valence-electron chi connectivity index (χ1n) is 11.8. The molecule has 2 aromatic rings. The van der Waals surface area contributed by atoms with Gasteiger partial charge < -0.3 is 19.6 Å². The number of rotatable bonds is 10. The molecule has 0 bridgehead atoms. The Morgan fingerprint density at radius 1 is 1.09 bits per heavy atom. The van der Waals surface area contributed by atoms with E-state index in [1.165, 1.54) is 0 Å². The summed E-state index contributed by atoms with van der Waals surface area (Å²) in [4.78, 5) is 30.1. The van der Waals surface area contributed by atoms with Crippen molar-refractivity contribution in [3.8, 4) is 5.75 Å². The van der Waals surface area contributed by atoms with Crippen LogP contribution in [0.5, 0.6) is 5.75 Å².